The summed E-state index contributed by atoms with van der Waals surface area (Å²) in [4.78, 5) is 16.1. The summed E-state index contributed by atoms with van der Waals surface area (Å²) in [5, 5.41) is 13.3. The number of alkyl halides is 3. The van der Waals surface area contributed by atoms with E-state index in [0.717, 1.165) is 4.57 Å². The van der Waals surface area contributed by atoms with E-state index in [1.165, 1.54) is 19.4 Å². The van der Waals surface area contributed by atoms with E-state index in [0.29, 0.717) is 10.6 Å². The van der Waals surface area contributed by atoms with Crippen LogP contribution in [0.5, 0.6) is 0 Å². The number of hydrogen-bond donors (Lipinski definition) is 2. The van der Waals surface area contributed by atoms with Crippen LogP contribution in [0.2, 0.25) is 5.02 Å². The molecule has 148 valence electrons. The van der Waals surface area contributed by atoms with Crippen LogP contribution in [0.25, 0.3) is 0 Å². The molecule has 1 atom stereocenters. The number of halogens is 4. The number of aromatic nitrogens is 2. The highest BCUT2D eigenvalue weighted by molar-refractivity contribution is 6.30. The Hall–Kier alpha value is -2.06. The van der Waals surface area contributed by atoms with Crippen LogP contribution in [-0.2, 0) is 22.9 Å². The van der Waals surface area contributed by atoms with E-state index in [9.17, 15) is 23.1 Å². The Bertz CT molecular complexity index is 803. The number of imidazole rings is 1. The molecule has 2 aromatic rings. The zero-order chi connectivity index (χ0) is 20.5. The summed E-state index contributed by atoms with van der Waals surface area (Å²) in [6.45, 7) is 2.93. The number of benzene rings is 1. The van der Waals surface area contributed by atoms with Crippen LogP contribution in [0.15, 0.2) is 36.7 Å². The monoisotopic (exact) mass is 403 g/mol. The van der Waals surface area contributed by atoms with Gasteiger partial charge in [-0.05, 0) is 31.5 Å². The zero-order valence-corrected chi connectivity index (χ0v) is 15.9. The lowest BCUT2D eigenvalue weighted by Crippen LogP contribution is -2.48. The third kappa shape index (κ3) is 4.27. The average molecular weight is 404 g/mol. The molecule has 0 aliphatic rings. The molecule has 1 aromatic carbocycles. The molecule has 0 fully saturated rings. The highest BCUT2D eigenvalue weighted by Crippen LogP contribution is 2.40. The van der Waals surface area contributed by atoms with Crippen LogP contribution >= 0.6 is 11.6 Å². The van der Waals surface area contributed by atoms with Gasteiger partial charge in [-0.2, -0.15) is 13.2 Å². The molecule has 27 heavy (non-hydrogen) atoms. The first-order valence-corrected chi connectivity index (χ1v) is 8.58. The van der Waals surface area contributed by atoms with Crippen molar-refractivity contribution >= 4 is 17.5 Å². The average Bonchev–Trinajstić information content (AvgIpc) is 3.00. The van der Waals surface area contributed by atoms with E-state index >= 15 is 0 Å². The standard InChI is InChI=1S/C18H21ClF3N3O2/c1-16(2,12-4-6-13(19)7-5-12)15(26)24-9-8-17(27,18(20,21)22)14-23-10-11-25(14)3/h4-7,10-11,27H,8-9H2,1-3H3,(H,24,26). The van der Waals surface area contributed by atoms with E-state index in [2.05, 4.69) is 10.3 Å². The molecule has 0 saturated heterocycles. The Morgan fingerprint density at radius 3 is 2.33 bits per heavy atom. The number of hydrogen-bond acceptors (Lipinski definition) is 3. The molecule has 1 unspecified atom stereocenters. The van der Waals surface area contributed by atoms with Crippen molar-refractivity contribution in [3.63, 3.8) is 0 Å². The van der Waals surface area contributed by atoms with Crippen LogP contribution in [0.1, 0.15) is 31.7 Å². The number of carbonyl (C=O) groups is 1. The van der Waals surface area contributed by atoms with E-state index in [1.807, 2.05) is 0 Å². The van der Waals surface area contributed by atoms with E-state index in [1.54, 1.807) is 38.1 Å². The molecule has 9 heteroatoms. The highest BCUT2D eigenvalue weighted by atomic mass is 35.5. The SMILES string of the molecule is Cn1ccnc1C(O)(CCNC(=O)C(C)(C)c1ccc(Cl)cc1)C(F)(F)F. The smallest absolute Gasteiger partial charge is 0.374 e. The van der Waals surface area contributed by atoms with Crippen molar-refractivity contribution in [1.82, 2.24) is 14.9 Å². The van der Waals surface area contributed by atoms with Crippen LogP contribution in [0.4, 0.5) is 13.2 Å². The molecule has 0 aliphatic heterocycles. The van der Waals surface area contributed by atoms with Crippen LogP contribution in [0, 0.1) is 0 Å². The molecule has 1 heterocycles. The van der Waals surface area contributed by atoms with Gasteiger partial charge in [-0.3, -0.25) is 4.79 Å². The van der Waals surface area contributed by atoms with Gasteiger partial charge in [-0.1, -0.05) is 23.7 Å². The molecule has 0 spiro atoms. The Morgan fingerprint density at radius 2 is 1.85 bits per heavy atom. The zero-order valence-electron chi connectivity index (χ0n) is 15.1. The number of aryl methyl sites for hydroxylation is 1. The number of nitrogens with one attached hydrogen (secondary N) is 1. The third-order valence-electron chi connectivity index (χ3n) is 4.57. The van der Waals surface area contributed by atoms with Crippen molar-refractivity contribution in [2.75, 3.05) is 6.54 Å². The summed E-state index contributed by atoms with van der Waals surface area (Å²) in [5.41, 5.74) is -3.48. The van der Waals surface area contributed by atoms with Gasteiger partial charge in [-0.15, -0.1) is 0 Å². The molecular weight excluding hydrogens is 383 g/mol. The van der Waals surface area contributed by atoms with E-state index < -0.39 is 35.3 Å². The lowest BCUT2D eigenvalue weighted by Gasteiger charge is -2.31. The fraction of sp³-hybridized carbons (Fsp3) is 0.444. The lowest BCUT2D eigenvalue weighted by atomic mass is 9.83. The number of nitrogens with zero attached hydrogens (tertiary/aromatic N) is 2. The van der Waals surface area contributed by atoms with Crippen molar-refractivity contribution < 1.29 is 23.1 Å². The minimum absolute atomic E-state index is 0.376. The first kappa shape index (κ1) is 21.2. The minimum atomic E-state index is -4.94. The fourth-order valence-corrected chi connectivity index (χ4v) is 2.85. The van der Waals surface area contributed by atoms with Gasteiger partial charge in [0.15, 0.2) is 0 Å². The van der Waals surface area contributed by atoms with Gasteiger partial charge in [0.1, 0.15) is 5.82 Å². The number of amides is 1. The van der Waals surface area contributed by atoms with Crippen molar-refractivity contribution in [1.29, 1.82) is 0 Å². The Balaban J connectivity index is 2.11. The van der Waals surface area contributed by atoms with Gasteiger partial charge in [0.2, 0.25) is 11.5 Å². The molecule has 0 radical (unpaired) electrons. The second kappa shape index (κ2) is 7.52. The molecular formula is C18H21ClF3N3O2. The van der Waals surface area contributed by atoms with Gasteiger partial charge in [-0.25, -0.2) is 4.98 Å². The fourth-order valence-electron chi connectivity index (χ4n) is 2.72. The maximum absolute atomic E-state index is 13.5. The van der Waals surface area contributed by atoms with Crippen LogP contribution < -0.4 is 5.32 Å². The van der Waals surface area contributed by atoms with Crippen LogP contribution in [-0.4, -0.2) is 33.3 Å². The first-order chi connectivity index (χ1) is 12.4. The second-order valence-corrected chi connectivity index (χ2v) is 7.29. The lowest BCUT2D eigenvalue weighted by molar-refractivity contribution is -0.272. The summed E-state index contributed by atoms with van der Waals surface area (Å²) in [5.74, 6) is -0.990. The van der Waals surface area contributed by atoms with E-state index in [4.69, 9.17) is 11.6 Å². The minimum Gasteiger partial charge on any atom is -0.374 e. The molecule has 1 aromatic heterocycles. The summed E-state index contributed by atoms with van der Waals surface area (Å²) >= 11 is 5.84. The predicted molar refractivity (Wildman–Crippen MR) is 95.3 cm³/mol. The molecule has 0 aliphatic carbocycles. The predicted octanol–water partition coefficient (Wildman–Crippen LogP) is 3.31. The van der Waals surface area contributed by atoms with Gasteiger partial charge in [0, 0.05) is 37.4 Å². The van der Waals surface area contributed by atoms with Gasteiger partial charge in [0.05, 0.1) is 5.41 Å². The van der Waals surface area contributed by atoms with Crippen molar-refractivity contribution in [2.45, 2.75) is 37.5 Å². The quantitative estimate of drug-likeness (QED) is 0.777. The molecule has 0 saturated carbocycles. The normalized spacial score (nSPS) is 14.7. The van der Waals surface area contributed by atoms with Gasteiger partial charge in [0.25, 0.3) is 0 Å². The second-order valence-electron chi connectivity index (χ2n) is 6.86. The first-order valence-electron chi connectivity index (χ1n) is 8.21. The highest BCUT2D eigenvalue weighted by Gasteiger charge is 2.57. The van der Waals surface area contributed by atoms with Crippen LogP contribution in [0.3, 0.4) is 0 Å². The molecule has 5 nitrogen and oxygen atoms in total. The Morgan fingerprint density at radius 1 is 1.26 bits per heavy atom. The van der Waals surface area contributed by atoms with E-state index in [-0.39, 0.29) is 6.54 Å². The number of carbonyl (C=O) groups excluding carboxylic acids is 1. The summed E-state index contributed by atoms with van der Waals surface area (Å²) < 4.78 is 41.5. The number of rotatable bonds is 6. The van der Waals surface area contributed by atoms with Gasteiger partial charge < -0.3 is 15.0 Å². The largest absolute Gasteiger partial charge is 0.424 e. The van der Waals surface area contributed by atoms with Crippen molar-refractivity contribution in [2.24, 2.45) is 7.05 Å². The maximum atomic E-state index is 13.5. The summed E-state index contributed by atoms with van der Waals surface area (Å²) in [6.07, 6.45) is -3.21. The van der Waals surface area contributed by atoms with Crippen molar-refractivity contribution in [3.8, 4) is 0 Å². The van der Waals surface area contributed by atoms with Crippen molar-refractivity contribution in [3.05, 3.63) is 53.1 Å². The molecule has 1 amide bonds. The topological polar surface area (TPSA) is 67.2 Å². The Labute approximate surface area is 160 Å². The maximum Gasteiger partial charge on any atom is 0.424 e. The summed E-state index contributed by atoms with van der Waals surface area (Å²) in [7, 11) is 1.36. The van der Waals surface area contributed by atoms with Gasteiger partial charge >= 0.3 is 6.18 Å². The molecule has 2 rings (SSSR count). The summed E-state index contributed by atoms with van der Waals surface area (Å²) in [6, 6.07) is 6.63. The number of aliphatic hydroxyl groups is 1. The Kier molecular flexibility index (Phi) is 5.91. The molecule has 2 N–H and O–H groups in total. The molecule has 0 bridgehead atoms. The third-order valence-corrected chi connectivity index (χ3v) is 4.82.